The van der Waals surface area contributed by atoms with Crippen LogP contribution in [0.5, 0.6) is 0 Å². The Hall–Kier alpha value is -2.63. The average molecular weight is 315 g/mol. The van der Waals surface area contributed by atoms with Crippen molar-refractivity contribution in [1.82, 2.24) is 15.1 Å². The van der Waals surface area contributed by atoms with Gasteiger partial charge in [-0.25, -0.2) is 9.48 Å². The molecule has 0 aliphatic carbocycles. The van der Waals surface area contributed by atoms with Gasteiger partial charge in [-0.05, 0) is 31.9 Å². The fourth-order valence-corrected chi connectivity index (χ4v) is 2.42. The van der Waals surface area contributed by atoms with Crippen molar-refractivity contribution in [2.75, 3.05) is 0 Å². The molecule has 23 heavy (non-hydrogen) atoms. The monoisotopic (exact) mass is 315 g/mol. The second-order valence-electron chi connectivity index (χ2n) is 5.52. The summed E-state index contributed by atoms with van der Waals surface area (Å²) < 4.78 is 1.22. The number of hydrogen-bond acceptors (Lipinski definition) is 3. The van der Waals surface area contributed by atoms with Gasteiger partial charge in [0, 0.05) is 6.20 Å². The van der Waals surface area contributed by atoms with Gasteiger partial charge in [-0.1, -0.05) is 36.8 Å². The molecule has 0 aliphatic rings. The Labute approximate surface area is 135 Å². The van der Waals surface area contributed by atoms with Gasteiger partial charge in [0.05, 0.1) is 6.04 Å². The van der Waals surface area contributed by atoms with Crippen LogP contribution in [0.2, 0.25) is 0 Å². The van der Waals surface area contributed by atoms with Gasteiger partial charge < -0.3 is 10.4 Å². The van der Waals surface area contributed by atoms with E-state index in [0.717, 1.165) is 17.5 Å². The lowest BCUT2D eigenvalue weighted by Crippen LogP contribution is -2.35. The molecule has 0 aliphatic heterocycles. The van der Waals surface area contributed by atoms with Gasteiger partial charge in [0.2, 0.25) is 5.91 Å². The van der Waals surface area contributed by atoms with E-state index in [4.69, 9.17) is 5.11 Å². The molecule has 0 saturated heterocycles. The number of carboxylic acid groups (broad SMARTS) is 1. The van der Waals surface area contributed by atoms with Crippen LogP contribution in [0.15, 0.2) is 36.5 Å². The van der Waals surface area contributed by atoms with Crippen LogP contribution >= 0.6 is 0 Å². The summed E-state index contributed by atoms with van der Waals surface area (Å²) >= 11 is 0. The van der Waals surface area contributed by atoms with Crippen LogP contribution in [0.4, 0.5) is 0 Å². The van der Waals surface area contributed by atoms with E-state index < -0.39 is 12.0 Å². The second-order valence-corrected chi connectivity index (χ2v) is 5.52. The number of carbonyl (C=O) groups is 2. The SMILES string of the molecule is CCC(NC(=O)C(C)n1nccc1C(=O)O)c1ccc(C)cc1. The number of amides is 1. The molecular weight excluding hydrogens is 294 g/mol. The highest BCUT2D eigenvalue weighted by Crippen LogP contribution is 2.19. The third kappa shape index (κ3) is 3.77. The highest BCUT2D eigenvalue weighted by molar-refractivity contribution is 5.87. The van der Waals surface area contributed by atoms with Gasteiger partial charge >= 0.3 is 5.97 Å². The lowest BCUT2D eigenvalue weighted by molar-refractivity contribution is -0.125. The summed E-state index contributed by atoms with van der Waals surface area (Å²) in [5.74, 6) is -1.36. The Morgan fingerprint density at radius 3 is 2.48 bits per heavy atom. The molecule has 1 heterocycles. The van der Waals surface area contributed by atoms with Crippen molar-refractivity contribution >= 4 is 11.9 Å². The van der Waals surface area contributed by atoms with Crippen molar-refractivity contribution in [2.45, 2.75) is 39.3 Å². The minimum Gasteiger partial charge on any atom is -0.477 e. The lowest BCUT2D eigenvalue weighted by atomic mass is 10.0. The van der Waals surface area contributed by atoms with Crippen LogP contribution in [-0.4, -0.2) is 26.8 Å². The zero-order chi connectivity index (χ0) is 17.0. The predicted octanol–water partition coefficient (Wildman–Crippen LogP) is 2.72. The molecule has 2 rings (SSSR count). The zero-order valence-electron chi connectivity index (χ0n) is 13.5. The molecule has 0 spiro atoms. The second kappa shape index (κ2) is 7.09. The summed E-state index contributed by atoms with van der Waals surface area (Å²) in [5.41, 5.74) is 2.18. The molecule has 6 nitrogen and oxygen atoms in total. The fraction of sp³-hybridized carbons (Fsp3) is 0.353. The van der Waals surface area contributed by atoms with Crippen molar-refractivity contribution in [1.29, 1.82) is 0 Å². The number of carbonyl (C=O) groups excluding carboxylic acids is 1. The lowest BCUT2D eigenvalue weighted by Gasteiger charge is -2.21. The molecule has 1 aromatic carbocycles. The maximum atomic E-state index is 12.5. The summed E-state index contributed by atoms with van der Waals surface area (Å²) in [6.45, 7) is 5.64. The Kier molecular flexibility index (Phi) is 5.16. The molecule has 122 valence electrons. The summed E-state index contributed by atoms with van der Waals surface area (Å²) in [7, 11) is 0. The van der Waals surface area contributed by atoms with Crippen molar-refractivity contribution in [3.05, 3.63) is 53.3 Å². The summed E-state index contributed by atoms with van der Waals surface area (Å²) in [5, 5.41) is 16.0. The van der Waals surface area contributed by atoms with E-state index in [1.807, 2.05) is 38.1 Å². The largest absolute Gasteiger partial charge is 0.477 e. The molecular formula is C17H21N3O3. The Morgan fingerprint density at radius 1 is 1.26 bits per heavy atom. The topological polar surface area (TPSA) is 84.2 Å². The van der Waals surface area contributed by atoms with Crippen molar-refractivity contribution < 1.29 is 14.7 Å². The average Bonchev–Trinajstić information content (AvgIpc) is 3.02. The number of nitrogens with zero attached hydrogens (tertiary/aromatic N) is 2. The molecule has 0 radical (unpaired) electrons. The summed E-state index contributed by atoms with van der Waals surface area (Å²) in [4.78, 5) is 23.6. The van der Waals surface area contributed by atoms with E-state index in [2.05, 4.69) is 10.4 Å². The number of rotatable bonds is 6. The number of aryl methyl sites for hydroxylation is 1. The minimum atomic E-state index is -1.10. The standard InChI is InChI=1S/C17H21N3O3/c1-4-14(13-7-5-11(2)6-8-13)19-16(21)12(3)20-15(17(22)23)9-10-18-20/h5-10,12,14H,4H2,1-3H3,(H,19,21)(H,22,23). The van der Waals surface area contributed by atoms with E-state index in [1.165, 1.54) is 16.9 Å². The number of carboxylic acids is 1. The van der Waals surface area contributed by atoms with E-state index >= 15 is 0 Å². The molecule has 1 aromatic heterocycles. The van der Waals surface area contributed by atoms with Crippen LogP contribution in [0.3, 0.4) is 0 Å². The maximum absolute atomic E-state index is 12.5. The Bertz CT molecular complexity index is 691. The molecule has 2 N–H and O–H groups in total. The number of aromatic nitrogens is 2. The van der Waals surface area contributed by atoms with Crippen LogP contribution in [-0.2, 0) is 4.79 Å². The van der Waals surface area contributed by atoms with Crippen molar-refractivity contribution in [2.24, 2.45) is 0 Å². The molecule has 0 bridgehead atoms. The normalized spacial score (nSPS) is 13.3. The third-order valence-corrected chi connectivity index (χ3v) is 3.84. The van der Waals surface area contributed by atoms with Crippen LogP contribution in [0, 0.1) is 6.92 Å². The highest BCUT2D eigenvalue weighted by atomic mass is 16.4. The quantitative estimate of drug-likeness (QED) is 0.858. The predicted molar refractivity (Wildman–Crippen MR) is 86.3 cm³/mol. The number of hydrogen-bond donors (Lipinski definition) is 2. The van der Waals surface area contributed by atoms with Gasteiger partial charge in [-0.2, -0.15) is 5.10 Å². The number of benzene rings is 1. The van der Waals surface area contributed by atoms with Crippen molar-refractivity contribution in [3.63, 3.8) is 0 Å². The van der Waals surface area contributed by atoms with Gasteiger partial charge in [0.15, 0.2) is 0 Å². The fourth-order valence-electron chi connectivity index (χ4n) is 2.42. The van der Waals surface area contributed by atoms with Crippen LogP contribution in [0.1, 0.15) is 54.0 Å². The smallest absolute Gasteiger partial charge is 0.354 e. The number of nitrogens with one attached hydrogen (secondary N) is 1. The first-order valence-corrected chi connectivity index (χ1v) is 7.57. The maximum Gasteiger partial charge on any atom is 0.354 e. The van der Waals surface area contributed by atoms with E-state index in [9.17, 15) is 9.59 Å². The van der Waals surface area contributed by atoms with Crippen molar-refractivity contribution in [3.8, 4) is 0 Å². The highest BCUT2D eigenvalue weighted by Gasteiger charge is 2.23. The Morgan fingerprint density at radius 2 is 1.91 bits per heavy atom. The first kappa shape index (κ1) is 16.7. The Balaban J connectivity index is 2.14. The molecule has 0 fully saturated rings. The number of aromatic carboxylic acids is 1. The van der Waals surface area contributed by atoms with Gasteiger partial charge in [0.25, 0.3) is 0 Å². The van der Waals surface area contributed by atoms with Crippen LogP contribution in [0.25, 0.3) is 0 Å². The first-order chi connectivity index (χ1) is 10.9. The summed E-state index contributed by atoms with van der Waals surface area (Å²) in [6, 6.07) is 8.55. The first-order valence-electron chi connectivity index (χ1n) is 7.57. The molecule has 6 heteroatoms. The molecule has 0 saturated carbocycles. The van der Waals surface area contributed by atoms with E-state index in [1.54, 1.807) is 6.92 Å². The molecule has 2 unspecified atom stereocenters. The van der Waals surface area contributed by atoms with E-state index in [0.29, 0.717) is 0 Å². The minimum absolute atomic E-state index is 0.00367. The molecule has 1 amide bonds. The zero-order valence-corrected chi connectivity index (χ0v) is 13.5. The van der Waals surface area contributed by atoms with E-state index in [-0.39, 0.29) is 17.6 Å². The van der Waals surface area contributed by atoms with Gasteiger partial charge in [-0.15, -0.1) is 0 Å². The van der Waals surface area contributed by atoms with Gasteiger partial charge in [0.1, 0.15) is 11.7 Å². The summed E-state index contributed by atoms with van der Waals surface area (Å²) in [6.07, 6.45) is 2.12. The van der Waals surface area contributed by atoms with Gasteiger partial charge in [-0.3, -0.25) is 4.79 Å². The van der Waals surface area contributed by atoms with Crippen LogP contribution < -0.4 is 5.32 Å². The molecule has 2 aromatic rings. The third-order valence-electron chi connectivity index (χ3n) is 3.84. The molecule has 2 atom stereocenters.